The van der Waals surface area contributed by atoms with Gasteiger partial charge in [0, 0.05) is 66.3 Å². The average Bonchev–Trinajstić information content (AvgIpc) is 3.95. The maximum atomic E-state index is 6.75. The topological polar surface area (TPSA) is 42.7 Å². The van der Waals surface area contributed by atoms with Crippen LogP contribution in [0.5, 0.6) is 0 Å². The Labute approximate surface area is 321 Å². The van der Waals surface area contributed by atoms with Gasteiger partial charge >= 0.3 is 0 Å². The molecule has 3 aromatic heterocycles. The third-order valence-corrected chi connectivity index (χ3v) is 11.3. The minimum absolute atomic E-state index is 0.835. The third-order valence-electron chi connectivity index (χ3n) is 11.3. The van der Waals surface area contributed by atoms with E-state index in [1.54, 1.807) is 0 Å². The Morgan fingerprint density at radius 2 is 0.964 bits per heavy atom. The highest BCUT2D eigenvalue weighted by atomic mass is 16.3. The van der Waals surface area contributed by atoms with Crippen molar-refractivity contribution < 1.29 is 13.3 Å². The Kier molecular flexibility index (Phi) is 6.60. The van der Waals surface area contributed by atoms with Crippen LogP contribution in [-0.4, -0.2) is 0 Å². The van der Waals surface area contributed by atoms with Crippen molar-refractivity contribution in [3.8, 4) is 22.3 Å². The third kappa shape index (κ3) is 4.60. The summed E-state index contributed by atoms with van der Waals surface area (Å²) in [6.07, 6.45) is 0. The Morgan fingerprint density at radius 3 is 1.89 bits per heavy atom. The average molecular weight is 718 g/mol. The van der Waals surface area contributed by atoms with Crippen molar-refractivity contribution in [2.45, 2.75) is 0 Å². The molecule has 12 aromatic rings. The van der Waals surface area contributed by atoms with E-state index < -0.39 is 0 Å². The van der Waals surface area contributed by atoms with Crippen molar-refractivity contribution in [1.29, 1.82) is 0 Å². The van der Waals surface area contributed by atoms with Gasteiger partial charge < -0.3 is 18.2 Å². The molecule has 0 saturated carbocycles. The molecule has 0 saturated heterocycles. The van der Waals surface area contributed by atoms with Crippen LogP contribution in [0.4, 0.5) is 17.1 Å². The Morgan fingerprint density at radius 1 is 0.321 bits per heavy atom. The first-order chi connectivity index (χ1) is 27.8. The molecule has 4 heteroatoms. The number of anilines is 3. The van der Waals surface area contributed by atoms with Gasteiger partial charge in [0.05, 0.1) is 5.69 Å². The lowest BCUT2D eigenvalue weighted by atomic mass is 9.96. The maximum absolute atomic E-state index is 6.75. The van der Waals surface area contributed by atoms with Crippen LogP contribution < -0.4 is 4.90 Å². The molecule has 0 bridgehead atoms. The smallest absolute Gasteiger partial charge is 0.143 e. The number of hydrogen-bond acceptors (Lipinski definition) is 4. The van der Waals surface area contributed by atoms with Crippen molar-refractivity contribution in [2.24, 2.45) is 0 Å². The SMILES string of the molecule is c1ccc(N(c2ccc3c(c2)oc2ccc(-c4cccc5c4oc4cccc(-c6cccc7c6oc6ccccc67)c45)cc23)c2cccc3ccccc23)cc1. The number of fused-ring (bicyclic) bond motifs is 10. The standard InChI is InChI=1S/C52H31NO3/c1-2-14-34(15-3-1)53(45-23-8-13-32-12-4-5-16-36(32)45)35-27-28-39-44-30-33(26-29-47(44)54-49(39)31-35)37-18-9-22-43-50-40(19-11-25-48(50)56-51(37)43)42-21-10-20-41-38-17-6-7-24-46(38)55-52(41)42/h1-31H. The van der Waals surface area contributed by atoms with E-state index in [9.17, 15) is 0 Å². The van der Waals surface area contributed by atoms with E-state index in [1.165, 1.54) is 10.8 Å². The molecule has 3 heterocycles. The number of nitrogens with zero attached hydrogens (tertiary/aromatic N) is 1. The fourth-order valence-electron chi connectivity index (χ4n) is 8.74. The molecule has 4 nitrogen and oxygen atoms in total. The molecule has 0 fully saturated rings. The predicted octanol–water partition coefficient (Wildman–Crippen LogP) is 15.3. The zero-order valence-electron chi connectivity index (χ0n) is 30.1. The van der Waals surface area contributed by atoms with Crippen LogP contribution in [-0.2, 0) is 0 Å². The van der Waals surface area contributed by atoms with Gasteiger partial charge in [0.1, 0.15) is 33.5 Å². The van der Waals surface area contributed by atoms with Gasteiger partial charge in [0.25, 0.3) is 0 Å². The summed E-state index contributed by atoms with van der Waals surface area (Å²) >= 11 is 0. The van der Waals surface area contributed by atoms with E-state index in [0.29, 0.717) is 0 Å². The lowest BCUT2D eigenvalue weighted by Crippen LogP contribution is -2.10. The molecule has 9 aromatic carbocycles. The molecule has 12 rings (SSSR count). The summed E-state index contributed by atoms with van der Waals surface area (Å²) in [7, 11) is 0. The molecule has 0 atom stereocenters. The molecule has 0 spiro atoms. The molecule has 0 aliphatic heterocycles. The highest BCUT2D eigenvalue weighted by molar-refractivity contribution is 6.19. The van der Waals surface area contributed by atoms with Crippen LogP contribution >= 0.6 is 0 Å². The van der Waals surface area contributed by atoms with Crippen molar-refractivity contribution in [1.82, 2.24) is 0 Å². The molecular weight excluding hydrogens is 687 g/mol. The summed E-state index contributed by atoms with van der Waals surface area (Å²) in [6.45, 7) is 0. The van der Waals surface area contributed by atoms with Gasteiger partial charge in [0.15, 0.2) is 0 Å². The van der Waals surface area contributed by atoms with E-state index in [4.69, 9.17) is 13.3 Å². The fraction of sp³-hybridized carbons (Fsp3) is 0. The van der Waals surface area contributed by atoms with E-state index in [-0.39, 0.29) is 0 Å². The zero-order chi connectivity index (χ0) is 36.7. The lowest BCUT2D eigenvalue weighted by molar-refractivity contribution is 0.668. The Balaban J connectivity index is 0.997. The van der Waals surface area contributed by atoms with Crippen molar-refractivity contribution in [3.05, 3.63) is 188 Å². The maximum Gasteiger partial charge on any atom is 0.143 e. The van der Waals surface area contributed by atoms with E-state index >= 15 is 0 Å². The monoisotopic (exact) mass is 717 g/mol. The van der Waals surface area contributed by atoms with Crippen LogP contribution in [0.2, 0.25) is 0 Å². The summed E-state index contributed by atoms with van der Waals surface area (Å²) < 4.78 is 19.8. The first-order valence-electron chi connectivity index (χ1n) is 18.9. The Bertz CT molecular complexity index is 3490. The number of furan rings is 3. The molecule has 0 radical (unpaired) electrons. The molecule has 0 N–H and O–H groups in total. The lowest BCUT2D eigenvalue weighted by Gasteiger charge is -2.26. The summed E-state index contributed by atoms with van der Waals surface area (Å²) in [4.78, 5) is 2.31. The largest absolute Gasteiger partial charge is 0.456 e. The second-order valence-electron chi connectivity index (χ2n) is 14.4. The number of hydrogen-bond donors (Lipinski definition) is 0. The molecule has 0 aliphatic carbocycles. The van der Waals surface area contributed by atoms with Gasteiger partial charge in [-0.1, -0.05) is 127 Å². The minimum atomic E-state index is 0.835. The molecule has 56 heavy (non-hydrogen) atoms. The second kappa shape index (κ2) is 12.0. The molecule has 0 amide bonds. The molecule has 0 unspecified atom stereocenters. The Hall–Kier alpha value is -7.56. The number of rotatable bonds is 5. The van der Waals surface area contributed by atoms with Crippen LogP contribution in [0.15, 0.2) is 201 Å². The first kappa shape index (κ1) is 30.9. The van der Waals surface area contributed by atoms with E-state index in [0.717, 1.165) is 105 Å². The summed E-state index contributed by atoms with van der Waals surface area (Å²) in [5, 5.41) is 8.88. The number of benzene rings is 9. The second-order valence-corrected chi connectivity index (χ2v) is 14.4. The van der Waals surface area contributed by atoms with Gasteiger partial charge in [-0.25, -0.2) is 0 Å². The van der Waals surface area contributed by atoms with Crippen LogP contribution in [0.1, 0.15) is 0 Å². The van der Waals surface area contributed by atoms with Gasteiger partial charge in [-0.05, 0) is 71.1 Å². The zero-order valence-corrected chi connectivity index (χ0v) is 30.1. The van der Waals surface area contributed by atoms with Gasteiger partial charge in [-0.2, -0.15) is 0 Å². The van der Waals surface area contributed by atoms with Crippen LogP contribution in [0.25, 0.3) is 98.8 Å². The van der Waals surface area contributed by atoms with Crippen molar-refractivity contribution in [3.63, 3.8) is 0 Å². The first-order valence-corrected chi connectivity index (χ1v) is 18.9. The normalized spacial score (nSPS) is 11.9. The highest BCUT2D eigenvalue weighted by Crippen LogP contribution is 2.45. The minimum Gasteiger partial charge on any atom is -0.456 e. The summed E-state index contributed by atoms with van der Waals surface area (Å²) in [5.41, 5.74) is 12.6. The number of para-hydroxylation sites is 4. The van der Waals surface area contributed by atoms with Crippen LogP contribution in [0.3, 0.4) is 0 Å². The highest BCUT2D eigenvalue weighted by Gasteiger charge is 2.21. The van der Waals surface area contributed by atoms with Gasteiger partial charge in [-0.15, -0.1) is 0 Å². The van der Waals surface area contributed by atoms with Crippen LogP contribution in [0, 0.1) is 0 Å². The molecule has 262 valence electrons. The molecule has 0 aliphatic rings. The van der Waals surface area contributed by atoms with E-state index in [1.807, 2.05) is 12.1 Å². The van der Waals surface area contributed by atoms with Crippen molar-refractivity contribution in [2.75, 3.05) is 4.90 Å². The molecular formula is C52H31NO3. The quantitative estimate of drug-likeness (QED) is 0.178. The summed E-state index contributed by atoms with van der Waals surface area (Å²) in [6, 6.07) is 65.9. The fourth-order valence-corrected chi connectivity index (χ4v) is 8.74. The van der Waals surface area contributed by atoms with Gasteiger partial charge in [0.2, 0.25) is 0 Å². The van der Waals surface area contributed by atoms with E-state index in [2.05, 4.69) is 181 Å². The predicted molar refractivity (Wildman–Crippen MR) is 231 cm³/mol. The van der Waals surface area contributed by atoms with Gasteiger partial charge in [-0.3, -0.25) is 0 Å². The summed E-state index contributed by atoms with van der Waals surface area (Å²) in [5.74, 6) is 0. The van der Waals surface area contributed by atoms with Crippen molar-refractivity contribution >= 4 is 93.7 Å².